The summed E-state index contributed by atoms with van der Waals surface area (Å²) in [4.78, 5) is 32.2. The van der Waals surface area contributed by atoms with Gasteiger partial charge in [0.15, 0.2) is 0 Å². The number of hydrogen-bond donors (Lipinski definition) is 3. The van der Waals surface area contributed by atoms with Gasteiger partial charge in [-0.2, -0.15) is 0 Å². The van der Waals surface area contributed by atoms with Gasteiger partial charge >= 0.3 is 5.97 Å². The summed E-state index contributed by atoms with van der Waals surface area (Å²) < 4.78 is 27.3. The van der Waals surface area contributed by atoms with Gasteiger partial charge in [-0.25, -0.2) is 23.1 Å². The molecule has 0 spiro atoms. The number of hydrogen-bond acceptors (Lipinski definition) is 6. The van der Waals surface area contributed by atoms with Crippen LogP contribution in [0.4, 0.5) is 11.6 Å². The number of carbonyl (C=O) groups is 2. The smallest absolute Gasteiger partial charge is 0.307 e. The molecule has 2 aromatic rings. The van der Waals surface area contributed by atoms with Gasteiger partial charge in [-0.1, -0.05) is 12.2 Å². The molecule has 156 valence electrons. The number of fused-ring (bicyclic) bond motifs is 2. The lowest BCUT2D eigenvalue weighted by atomic mass is 9.82. The van der Waals surface area contributed by atoms with Crippen LogP contribution in [0.3, 0.4) is 0 Å². The first-order valence-electron chi connectivity index (χ1n) is 9.39. The largest absolute Gasteiger partial charge is 0.481 e. The number of allylic oxidation sites excluding steroid dienone is 2. The number of carboxylic acids is 1. The highest BCUT2D eigenvalue weighted by molar-refractivity contribution is 7.92. The summed E-state index contributed by atoms with van der Waals surface area (Å²) in [5.41, 5.74) is 1.01. The summed E-state index contributed by atoms with van der Waals surface area (Å²) in [7, 11) is -3.89. The van der Waals surface area contributed by atoms with Crippen LogP contribution < -0.4 is 10.0 Å². The monoisotopic (exact) mass is 428 g/mol. The van der Waals surface area contributed by atoms with E-state index in [2.05, 4.69) is 20.0 Å². The zero-order chi connectivity index (χ0) is 21.5. The van der Waals surface area contributed by atoms with Crippen molar-refractivity contribution in [3.05, 3.63) is 54.4 Å². The third-order valence-corrected chi connectivity index (χ3v) is 6.84. The molecule has 1 fully saturated rings. The Labute approximate surface area is 173 Å². The van der Waals surface area contributed by atoms with E-state index in [1.54, 1.807) is 13.0 Å². The summed E-state index contributed by atoms with van der Waals surface area (Å²) in [6.45, 7) is 1.72. The van der Waals surface area contributed by atoms with E-state index in [0.717, 1.165) is 0 Å². The Hall–Kier alpha value is -3.27. The number of anilines is 2. The highest BCUT2D eigenvalue weighted by Gasteiger charge is 2.51. The lowest BCUT2D eigenvalue weighted by Gasteiger charge is -2.23. The van der Waals surface area contributed by atoms with E-state index >= 15 is 0 Å². The highest BCUT2D eigenvalue weighted by Crippen LogP contribution is 2.48. The third-order valence-electron chi connectivity index (χ3n) is 5.50. The third kappa shape index (κ3) is 3.78. The molecule has 0 aliphatic heterocycles. The van der Waals surface area contributed by atoms with Crippen LogP contribution in [0.15, 0.2) is 53.6 Å². The fourth-order valence-electron chi connectivity index (χ4n) is 4.14. The molecule has 1 amide bonds. The first kappa shape index (κ1) is 20.0. The average molecular weight is 428 g/mol. The molecule has 1 aromatic carbocycles. The van der Waals surface area contributed by atoms with Gasteiger partial charge in [0.25, 0.3) is 10.0 Å². The molecule has 2 bridgehead atoms. The molecule has 0 unspecified atom stereocenters. The second kappa shape index (κ2) is 7.52. The lowest BCUT2D eigenvalue weighted by Crippen LogP contribution is -2.36. The number of rotatable bonds is 6. The van der Waals surface area contributed by atoms with Crippen LogP contribution in [0.2, 0.25) is 0 Å². The van der Waals surface area contributed by atoms with Crippen LogP contribution in [0.1, 0.15) is 12.1 Å². The Kier molecular flexibility index (Phi) is 5.02. The molecular weight excluding hydrogens is 408 g/mol. The summed E-state index contributed by atoms with van der Waals surface area (Å²) in [5.74, 6) is -2.96. The van der Waals surface area contributed by atoms with Crippen molar-refractivity contribution in [2.75, 3.05) is 10.0 Å². The van der Waals surface area contributed by atoms with Gasteiger partial charge in [0.1, 0.15) is 0 Å². The van der Waals surface area contributed by atoms with Gasteiger partial charge in [0.2, 0.25) is 11.9 Å². The number of benzene rings is 1. The number of nitrogens with one attached hydrogen (secondary N) is 2. The van der Waals surface area contributed by atoms with E-state index in [-0.39, 0.29) is 28.6 Å². The standard InChI is InChI=1S/C20H20N4O5S/c1-11-8-9-21-20(22-11)24-30(28,29)15-6-4-14(5-7-15)23-18(25)16-12-2-3-13(10-12)17(16)19(26)27/h2-9,12-13,16-17H,10H2,1H3,(H,23,25)(H,26,27)(H,21,22,24)/t12-,13-,16+,17+/m0/s1. The maximum atomic E-state index is 12.7. The molecule has 0 saturated heterocycles. The minimum absolute atomic E-state index is 0.0168. The molecule has 10 heteroatoms. The molecule has 1 aromatic heterocycles. The Morgan fingerprint density at radius 3 is 2.37 bits per heavy atom. The Morgan fingerprint density at radius 1 is 1.07 bits per heavy atom. The molecule has 4 atom stereocenters. The summed E-state index contributed by atoms with van der Waals surface area (Å²) in [5, 5.41) is 12.2. The molecule has 2 aliphatic carbocycles. The van der Waals surface area contributed by atoms with Crippen molar-refractivity contribution in [3.63, 3.8) is 0 Å². The van der Waals surface area contributed by atoms with E-state index in [1.165, 1.54) is 30.5 Å². The maximum Gasteiger partial charge on any atom is 0.307 e. The van der Waals surface area contributed by atoms with Gasteiger partial charge < -0.3 is 10.4 Å². The fourth-order valence-corrected chi connectivity index (χ4v) is 5.09. The van der Waals surface area contributed by atoms with Crippen LogP contribution in [0.5, 0.6) is 0 Å². The van der Waals surface area contributed by atoms with Gasteiger partial charge in [-0.3, -0.25) is 9.59 Å². The van der Waals surface area contributed by atoms with Crippen molar-refractivity contribution < 1.29 is 23.1 Å². The van der Waals surface area contributed by atoms with E-state index in [4.69, 9.17) is 0 Å². The second-order valence-electron chi connectivity index (χ2n) is 7.48. The SMILES string of the molecule is Cc1ccnc(NS(=O)(=O)c2ccc(NC(=O)[C@H]3[C@H](C(=O)O)[C@H]4C=C[C@H]3C4)cc2)n1. The molecule has 1 heterocycles. The maximum absolute atomic E-state index is 12.7. The van der Waals surface area contributed by atoms with Crippen LogP contribution in [-0.2, 0) is 19.6 Å². The summed E-state index contributed by atoms with van der Waals surface area (Å²) in [6.07, 6.45) is 5.90. The number of amides is 1. The van der Waals surface area contributed by atoms with E-state index < -0.39 is 27.8 Å². The van der Waals surface area contributed by atoms with Gasteiger partial charge in [-0.15, -0.1) is 0 Å². The Bertz CT molecular complexity index is 1130. The van der Waals surface area contributed by atoms with Crippen molar-refractivity contribution in [1.82, 2.24) is 9.97 Å². The lowest BCUT2D eigenvalue weighted by molar-refractivity contribution is -0.146. The fraction of sp³-hybridized carbons (Fsp3) is 0.300. The molecule has 30 heavy (non-hydrogen) atoms. The molecular formula is C20H20N4O5S. The zero-order valence-corrected chi connectivity index (χ0v) is 16.8. The molecule has 4 rings (SSSR count). The first-order chi connectivity index (χ1) is 14.2. The summed E-state index contributed by atoms with van der Waals surface area (Å²) >= 11 is 0. The molecule has 2 aliphatic rings. The van der Waals surface area contributed by atoms with Gasteiger partial charge in [0.05, 0.1) is 16.7 Å². The van der Waals surface area contributed by atoms with Crippen molar-refractivity contribution in [2.45, 2.75) is 18.2 Å². The minimum Gasteiger partial charge on any atom is -0.481 e. The van der Waals surface area contributed by atoms with E-state index in [1.807, 2.05) is 12.2 Å². The van der Waals surface area contributed by atoms with Gasteiger partial charge in [0, 0.05) is 17.6 Å². The predicted octanol–water partition coefficient (Wildman–Crippen LogP) is 2.05. The van der Waals surface area contributed by atoms with Crippen LogP contribution >= 0.6 is 0 Å². The van der Waals surface area contributed by atoms with Crippen LogP contribution in [0.25, 0.3) is 0 Å². The predicted molar refractivity (Wildman–Crippen MR) is 108 cm³/mol. The van der Waals surface area contributed by atoms with Crippen LogP contribution in [0, 0.1) is 30.6 Å². The number of carboxylic acid groups (broad SMARTS) is 1. The minimum atomic E-state index is -3.89. The zero-order valence-electron chi connectivity index (χ0n) is 16.0. The second-order valence-corrected chi connectivity index (χ2v) is 9.16. The number of aromatic nitrogens is 2. The van der Waals surface area contributed by atoms with Crippen molar-refractivity contribution >= 4 is 33.5 Å². The molecule has 9 nitrogen and oxygen atoms in total. The number of carbonyl (C=O) groups excluding carboxylic acids is 1. The number of nitrogens with zero attached hydrogens (tertiary/aromatic N) is 2. The Balaban J connectivity index is 1.46. The average Bonchev–Trinajstić information content (AvgIpc) is 3.29. The number of sulfonamides is 1. The molecule has 1 saturated carbocycles. The first-order valence-corrected chi connectivity index (χ1v) is 10.9. The normalized spacial score (nSPS) is 24.6. The van der Waals surface area contributed by atoms with Gasteiger partial charge in [-0.05, 0) is 55.5 Å². The van der Waals surface area contributed by atoms with E-state index in [9.17, 15) is 23.1 Å². The Morgan fingerprint density at radius 2 is 1.73 bits per heavy atom. The summed E-state index contributed by atoms with van der Waals surface area (Å²) in [6, 6.07) is 7.27. The molecule has 0 radical (unpaired) electrons. The highest BCUT2D eigenvalue weighted by atomic mass is 32.2. The topological polar surface area (TPSA) is 138 Å². The number of aryl methyl sites for hydroxylation is 1. The number of aliphatic carboxylic acids is 1. The van der Waals surface area contributed by atoms with Crippen molar-refractivity contribution in [1.29, 1.82) is 0 Å². The van der Waals surface area contributed by atoms with Crippen LogP contribution in [-0.4, -0.2) is 35.4 Å². The molecule has 3 N–H and O–H groups in total. The van der Waals surface area contributed by atoms with Crippen molar-refractivity contribution in [2.24, 2.45) is 23.7 Å². The van der Waals surface area contributed by atoms with Crippen molar-refractivity contribution in [3.8, 4) is 0 Å². The quantitative estimate of drug-likeness (QED) is 0.599. The van der Waals surface area contributed by atoms with E-state index in [0.29, 0.717) is 17.8 Å².